The van der Waals surface area contributed by atoms with Gasteiger partial charge in [0.05, 0.1) is 11.4 Å². The fourth-order valence-corrected chi connectivity index (χ4v) is 3.21. The molecule has 0 N–H and O–H groups in total. The average molecular weight is 405 g/mol. The van der Waals surface area contributed by atoms with E-state index in [4.69, 9.17) is 16.3 Å². The van der Waals surface area contributed by atoms with Crippen molar-refractivity contribution >= 4 is 43.5 Å². The Labute approximate surface area is 135 Å². The quantitative estimate of drug-likeness (QED) is 0.569. The summed E-state index contributed by atoms with van der Waals surface area (Å²) in [6.07, 6.45) is 0. The maximum Gasteiger partial charge on any atom is 0.119 e. The zero-order valence-electron chi connectivity index (χ0n) is 10.4. The van der Waals surface area contributed by atoms with Crippen LogP contribution in [0.2, 0.25) is 5.02 Å². The van der Waals surface area contributed by atoms with Gasteiger partial charge in [-0.15, -0.1) is 0 Å². The standard InChI is InChI=1S/C15H13Br2ClO/c1-2-19-12-6-3-10(4-7-12)15(17)13-9-11(16)5-8-14(13)18/h3-9,15H,2H2,1H3. The summed E-state index contributed by atoms with van der Waals surface area (Å²) in [5, 5.41) is 0.749. The third-order valence-corrected chi connectivity index (χ3v) is 4.57. The summed E-state index contributed by atoms with van der Waals surface area (Å²) in [5.74, 6) is 0.881. The van der Waals surface area contributed by atoms with Crippen molar-refractivity contribution in [3.8, 4) is 5.75 Å². The van der Waals surface area contributed by atoms with E-state index in [-0.39, 0.29) is 4.83 Å². The van der Waals surface area contributed by atoms with Crippen molar-refractivity contribution in [2.45, 2.75) is 11.8 Å². The van der Waals surface area contributed by atoms with Crippen LogP contribution in [0.1, 0.15) is 22.9 Å². The fourth-order valence-electron chi connectivity index (χ4n) is 1.79. The molecular weight excluding hydrogens is 391 g/mol. The van der Waals surface area contributed by atoms with Crippen molar-refractivity contribution < 1.29 is 4.74 Å². The molecule has 0 aliphatic heterocycles. The molecule has 0 fully saturated rings. The van der Waals surface area contributed by atoms with Crippen LogP contribution in [0.25, 0.3) is 0 Å². The minimum Gasteiger partial charge on any atom is -0.494 e. The lowest BCUT2D eigenvalue weighted by Crippen LogP contribution is -1.95. The first kappa shape index (κ1) is 14.9. The highest BCUT2D eigenvalue weighted by molar-refractivity contribution is 9.10. The van der Waals surface area contributed by atoms with Gasteiger partial charge < -0.3 is 4.74 Å². The Kier molecular flexibility index (Phi) is 5.31. The Bertz CT molecular complexity index is 555. The lowest BCUT2D eigenvalue weighted by atomic mass is 10.0. The van der Waals surface area contributed by atoms with Crippen LogP contribution in [0.3, 0.4) is 0 Å². The van der Waals surface area contributed by atoms with Gasteiger partial charge in [-0.25, -0.2) is 0 Å². The zero-order valence-corrected chi connectivity index (χ0v) is 14.3. The first-order chi connectivity index (χ1) is 9.11. The molecule has 2 aromatic carbocycles. The molecule has 0 aliphatic rings. The Hall–Kier alpha value is -0.510. The molecule has 0 bridgehead atoms. The molecule has 0 spiro atoms. The highest BCUT2D eigenvalue weighted by atomic mass is 79.9. The van der Waals surface area contributed by atoms with Gasteiger partial charge in [0, 0.05) is 9.50 Å². The van der Waals surface area contributed by atoms with Crippen LogP contribution < -0.4 is 4.74 Å². The van der Waals surface area contributed by atoms with Crippen molar-refractivity contribution in [2.24, 2.45) is 0 Å². The first-order valence-electron chi connectivity index (χ1n) is 5.93. The predicted molar refractivity (Wildman–Crippen MR) is 87.5 cm³/mol. The summed E-state index contributed by atoms with van der Waals surface area (Å²) in [6, 6.07) is 13.9. The lowest BCUT2D eigenvalue weighted by Gasteiger charge is -2.13. The van der Waals surface area contributed by atoms with Gasteiger partial charge in [0.1, 0.15) is 5.75 Å². The summed E-state index contributed by atoms with van der Waals surface area (Å²) in [4.78, 5) is 0.0631. The molecule has 2 aromatic rings. The molecule has 19 heavy (non-hydrogen) atoms. The van der Waals surface area contributed by atoms with Gasteiger partial charge in [-0.1, -0.05) is 55.6 Å². The van der Waals surface area contributed by atoms with Crippen LogP contribution in [0.15, 0.2) is 46.9 Å². The number of ether oxygens (including phenoxy) is 1. The van der Waals surface area contributed by atoms with Gasteiger partial charge in [-0.2, -0.15) is 0 Å². The Morgan fingerprint density at radius 2 is 1.84 bits per heavy atom. The van der Waals surface area contributed by atoms with E-state index < -0.39 is 0 Å². The molecule has 0 amide bonds. The van der Waals surface area contributed by atoms with Crippen molar-refractivity contribution in [3.63, 3.8) is 0 Å². The second-order valence-electron chi connectivity index (χ2n) is 4.03. The van der Waals surface area contributed by atoms with Gasteiger partial charge in [-0.3, -0.25) is 0 Å². The molecule has 0 heterocycles. The third-order valence-electron chi connectivity index (χ3n) is 2.71. The Morgan fingerprint density at radius 3 is 2.47 bits per heavy atom. The SMILES string of the molecule is CCOc1ccc(C(Br)c2cc(Br)ccc2Cl)cc1. The molecule has 4 heteroatoms. The van der Waals surface area contributed by atoms with E-state index in [0.717, 1.165) is 26.4 Å². The van der Waals surface area contributed by atoms with Gasteiger partial charge in [0.25, 0.3) is 0 Å². The van der Waals surface area contributed by atoms with Gasteiger partial charge in [0.15, 0.2) is 0 Å². The summed E-state index contributed by atoms with van der Waals surface area (Å²) in [6.45, 7) is 2.65. The minimum atomic E-state index is 0.0631. The number of alkyl halides is 1. The number of benzene rings is 2. The molecular formula is C15H13Br2ClO. The number of halogens is 3. The molecule has 0 radical (unpaired) electrons. The normalized spacial score (nSPS) is 12.2. The molecule has 1 unspecified atom stereocenters. The highest BCUT2D eigenvalue weighted by Crippen LogP contribution is 2.37. The van der Waals surface area contributed by atoms with Gasteiger partial charge in [0.2, 0.25) is 0 Å². The Balaban J connectivity index is 2.27. The topological polar surface area (TPSA) is 9.23 Å². The number of hydrogen-bond acceptors (Lipinski definition) is 1. The van der Waals surface area contributed by atoms with E-state index in [1.54, 1.807) is 0 Å². The summed E-state index contributed by atoms with van der Waals surface area (Å²) >= 11 is 13.4. The number of rotatable bonds is 4. The maximum absolute atomic E-state index is 6.25. The molecule has 1 nitrogen and oxygen atoms in total. The van der Waals surface area contributed by atoms with Crippen molar-refractivity contribution in [3.05, 3.63) is 63.1 Å². The maximum atomic E-state index is 6.25. The van der Waals surface area contributed by atoms with E-state index >= 15 is 0 Å². The van der Waals surface area contributed by atoms with Crippen LogP contribution >= 0.6 is 43.5 Å². The van der Waals surface area contributed by atoms with Crippen LogP contribution in [0.4, 0.5) is 0 Å². The predicted octanol–water partition coefficient (Wildman–Crippen LogP) is 5.99. The fraction of sp³-hybridized carbons (Fsp3) is 0.200. The Morgan fingerprint density at radius 1 is 1.16 bits per heavy atom. The first-order valence-corrected chi connectivity index (χ1v) is 8.02. The third kappa shape index (κ3) is 3.74. The molecule has 0 aliphatic carbocycles. The summed E-state index contributed by atoms with van der Waals surface area (Å²) < 4.78 is 6.46. The second-order valence-corrected chi connectivity index (χ2v) is 6.27. The van der Waals surface area contributed by atoms with E-state index in [9.17, 15) is 0 Å². The van der Waals surface area contributed by atoms with Crippen LogP contribution in [0, 0.1) is 0 Å². The van der Waals surface area contributed by atoms with Crippen molar-refractivity contribution in [1.29, 1.82) is 0 Å². The van der Waals surface area contributed by atoms with Crippen LogP contribution in [0.5, 0.6) is 5.75 Å². The smallest absolute Gasteiger partial charge is 0.119 e. The van der Waals surface area contributed by atoms with Crippen molar-refractivity contribution in [2.75, 3.05) is 6.61 Å². The average Bonchev–Trinajstić information content (AvgIpc) is 2.42. The highest BCUT2D eigenvalue weighted by Gasteiger charge is 2.14. The molecule has 0 aromatic heterocycles. The van der Waals surface area contributed by atoms with Crippen LogP contribution in [-0.2, 0) is 0 Å². The monoisotopic (exact) mass is 402 g/mol. The van der Waals surface area contributed by atoms with E-state index in [1.165, 1.54) is 0 Å². The molecule has 1 atom stereocenters. The lowest BCUT2D eigenvalue weighted by molar-refractivity contribution is 0.340. The van der Waals surface area contributed by atoms with Gasteiger partial charge >= 0.3 is 0 Å². The largest absolute Gasteiger partial charge is 0.494 e. The van der Waals surface area contributed by atoms with E-state index in [2.05, 4.69) is 31.9 Å². The summed E-state index contributed by atoms with van der Waals surface area (Å²) in [7, 11) is 0. The number of hydrogen-bond donors (Lipinski definition) is 0. The molecule has 0 saturated carbocycles. The molecule has 100 valence electrons. The zero-order chi connectivity index (χ0) is 13.8. The van der Waals surface area contributed by atoms with Crippen molar-refractivity contribution in [1.82, 2.24) is 0 Å². The second kappa shape index (κ2) is 6.78. The van der Waals surface area contributed by atoms with Crippen LogP contribution in [-0.4, -0.2) is 6.61 Å². The van der Waals surface area contributed by atoms with Gasteiger partial charge in [-0.05, 0) is 48.4 Å². The van der Waals surface area contributed by atoms with E-state index in [1.807, 2.05) is 49.4 Å². The van der Waals surface area contributed by atoms with E-state index in [0.29, 0.717) is 6.61 Å². The summed E-state index contributed by atoms with van der Waals surface area (Å²) in [5.41, 5.74) is 2.18. The minimum absolute atomic E-state index is 0.0631. The molecule has 0 saturated heterocycles. The molecule has 2 rings (SSSR count).